The molecule has 2 aliphatic heterocycles. The molecule has 1 fully saturated rings. The van der Waals surface area contributed by atoms with Crippen LogP contribution in [0.3, 0.4) is 0 Å². The Balaban J connectivity index is 1.38. The fourth-order valence-electron chi connectivity index (χ4n) is 3.79. The van der Waals surface area contributed by atoms with Gasteiger partial charge in [-0.05, 0) is 37.1 Å². The SMILES string of the molecule is CN1CCN(C(=O)c2c[nH]c(=O)[nH]2)C[C@@H]1C(=O)NCc1ccc2c(c1)CCCO2. The summed E-state index contributed by atoms with van der Waals surface area (Å²) in [6.07, 6.45) is 3.35. The molecule has 2 aliphatic rings. The van der Waals surface area contributed by atoms with Gasteiger partial charge in [0.25, 0.3) is 5.91 Å². The lowest BCUT2D eigenvalue weighted by Crippen LogP contribution is -2.58. The molecule has 1 saturated heterocycles. The van der Waals surface area contributed by atoms with E-state index in [9.17, 15) is 14.4 Å². The van der Waals surface area contributed by atoms with Gasteiger partial charge in [0.2, 0.25) is 5.91 Å². The number of imidazole rings is 1. The molecule has 9 heteroatoms. The Morgan fingerprint density at radius 1 is 1.31 bits per heavy atom. The van der Waals surface area contributed by atoms with Gasteiger partial charge in [0.05, 0.1) is 6.61 Å². The number of hydrogen-bond donors (Lipinski definition) is 3. The van der Waals surface area contributed by atoms with Crippen LogP contribution in [-0.2, 0) is 17.8 Å². The number of nitrogens with one attached hydrogen (secondary N) is 3. The fraction of sp³-hybridized carbons (Fsp3) is 0.450. The van der Waals surface area contributed by atoms with Crippen LogP contribution in [0, 0.1) is 0 Å². The van der Waals surface area contributed by atoms with Crippen LogP contribution in [0.4, 0.5) is 0 Å². The third-order valence-electron chi connectivity index (χ3n) is 5.50. The van der Waals surface area contributed by atoms with E-state index < -0.39 is 11.7 Å². The van der Waals surface area contributed by atoms with Crippen LogP contribution in [0.5, 0.6) is 5.75 Å². The maximum absolute atomic E-state index is 12.8. The molecule has 3 heterocycles. The van der Waals surface area contributed by atoms with Crippen molar-refractivity contribution in [3.63, 3.8) is 0 Å². The molecular weight excluding hydrogens is 374 g/mol. The molecular formula is C20H25N5O4. The lowest BCUT2D eigenvalue weighted by atomic mass is 10.0. The normalized spacial score (nSPS) is 19.3. The van der Waals surface area contributed by atoms with Crippen LogP contribution in [0.2, 0.25) is 0 Å². The summed E-state index contributed by atoms with van der Waals surface area (Å²) in [5.74, 6) is 0.515. The van der Waals surface area contributed by atoms with Crippen LogP contribution in [0.15, 0.2) is 29.2 Å². The van der Waals surface area contributed by atoms with Gasteiger partial charge in [-0.2, -0.15) is 0 Å². The molecule has 0 bridgehead atoms. The number of benzene rings is 1. The summed E-state index contributed by atoms with van der Waals surface area (Å²) in [6, 6.07) is 5.56. The number of rotatable bonds is 4. The third-order valence-corrected chi connectivity index (χ3v) is 5.50. The monoisotopic (exact) mass is 399 g/mol. The number of carbonyl (C=O) groups is 2. The van der Waals surface area contributed by atoms with Gasteiger partial charge in [-0.15, -0.1) is 0 Å². The molecule has 2 amide bonds. The first kappa shape index (κ1) is 19.3. The van der Waals surface area contributed by atoms with Crippen molar-refractivity contribution < 1.29 is 14.3 Å². The average Bonchev–Trinajstić information content (AvgIpc) is 3.18. The summed E-state index contributed by atoms with van der Waals surface area (Å²) in [7, 11) is 1.88. The van der Waals surface area contributed by atoms with E-state index in [1.165, 1.54) is 11.8 Å². The number of hydrogen-bond acceptors (Lipinski definition) is 5. The maximum Gasteiger partial charge on any atom is 0.323 e. The molecule has 0 unspecified atom stereocenters. The van der Waals surface area contributed by atoms with Gasteiger partial charge < -0.3 is 24.9 Å². The van der Waals surface area contributed by atoms with Gasteiger partial charge in [-0.3, -0.25) is 14.5 Å². The van der Waals surface area contributed by atoms with E-state index in [2.05, 4.69) is 21.4 Å². The van der Waals surface area contributed by atoms with Crippen molar-refractivity contribution in [3.8, 4) is 5.75 Å². The second-order valence-corrected chi connectivity index (χ2v) is 7.52. The molecule has 0 radical (unpaired) electrons. The van der Waals surface area contributed by atoms with Gasteiger partial charge in [-0.1, -0.05) is 12.1 Å². The smallest absolute Gasteiger partial charge is 0.323 e. The van der Waals surface area contributed by atoms with Crippen LogP contribution >= 0.6 is 0 Å². The van der Waals surface area contributed by atoms with E-state index in [1.807, 2.05) is 24.1 Å². The van der Waals surface area contributed by atoms with Crippen LogP contribution in [0.1, 0.15) is 28.0 Å². The molecule has 29 heavy (non-hydrogen) atoms. The highest BCUT2D eigenvalue weighted by Crippen LogP contribution is 2.25. The van der Waals surface area contributed by atoms with Crippen molar-refractivity contribution in [2.45, 2.75) is 25.4 Å². The van der Waals surface area contributed by atoms with E-state index in [0.29, 0.717) is 19.6 Å². The highest BCUT2D eigenvalue weighted by molar-refractivity contribution is 5.93. The number of H-pyrrole nitrogens is 2. The van der Waals surface area contributed by atoms with Gasteiger partial charge in [0, 0.05) is 32.4 Å². The number of aromatic nitrogens is 2. The number of amides is 2. The molecule has 9 nitrogen and oxygen atoms in total. The van der Waals surface area contributed by atoms with Crippen molar-refractivity contribution in [2.24, 2.45) is 0 Å². The largest absolute Gasteiger partial charge is 0.493 e. The summed E-state index contributed by atoms with van der Waals surface area (Å²) in [6.45, 7) is 2.52. The minimum Gasteiger partial charge on any atom is -0.493 e. The minimum absolute atomic E-state index is 0.124. The molecule has 0 aliphatic carbocycles. The van der Waals surface area contributed by atoms with E-state index in [4.69, 9.17) is 4.74 Å². The topological polar surface area (TPSA) is 111 Å². The maximum atomic E-state index is 12.8. The van der Waals surface area contributed by atoms with E-state index in [1.54, 1.807) is 4.90 Å². The Bertz CT molecular complexity index is 966. The average molecular weight is 399 g/mol. The summed E-state index contributed by atoms with van der Waals surface area (Å²) in [4.78, 5) is 45.1. The number of fused-ring (bicyclic) bond motifs is 1. The first-order chi connectivity index (χ1) is 14.0. The number of nitrogens with zero attached hydrogens (tertiary/aromatic N) is 2. The molecule has 2 aromatic rings. The number of ether oxygens (including phenoxy) is 1. The zero-order chi connectivity index (χ0) is 20.4. The van der Waals surface area contributed by atoms with Gasteiger partial charge in [0.1, 0.15) is 17.5 Å². The zero-order valence-electron chi connectivity index (χ0n) is 16.4. The second-order valence-electron chi connectivity index (χ2n) is 7.52. The number of likely N-dealkylation sites (N-methyl/N-ethyl adjacent to an activating group) is 1. The molecule has 1 atom stereocenters. The molecule has 154 valence electrons. The Kier molecular flexibility index (Phi) is 5.39. The zero-order valence-corrected chi connectivity index (χ0v) is 16.4. The lowest BCUT2D eigenvalue weighted by molar-refractivity contribution is -0.127. The predicted octanol–water partition coefficient (Wildman–Crippen LogP) is 0.101. The Labute approximate surface area is 168 Å². The Hall–Kier alpha value is -3.07. The predicted molar refractivity (Wildman–Crippen MR) is 106 cm³/mol. The van der Waals surface area contributed by atoms with Crippen LogP contribution < -0.4 is 15.7 Å². The van der Waals surface area contributed by atoms with Crippen molar-refractivity contribution >= 4 is 11.8 Å². The van der Waals surface area contributed by atoms with Crippen LogP contribution in [0.25, 0.3) is 0 Å². The van der Waals surface area contributed by atoms with Crippen molar-refractivity contribution in [1.29, 1.82) is 0 Å². The first-order valence-electron chi connectivity index (χ1n) is 9.81. The molecule has 1 aromatic carbocycles. The molecule has 1 aromatic heterocycles. The first-order valence-corrected chi connectivity index (χ1v) is 9.81. The molecule has 4 rings (SSSR count). The standard InChI is InChI=1S/C20H25N5O4/c1-24-6-7-25(19(27)15-11-22-20(28)23-15)12-16(24)18(26)21-10-13-4-5-17-14(9-13)3-2-8-29-17/h4-5,9,11,16H,2-3,6-8,10,12H2,1H3,(H,21,26)(H2,22,23,28)/t16-/m1/s1. The third kappa shape index (κ3) is 4.19. The summed E-state index contributed by atoms with van der Waals surface area (Å²) in [5, 5.41) is 2.99. The second kappa shape index (κ2) is 8.12. The Morgan fingerprint density at radius 2 is 2.17 bits per heavy atom. The van der Waals surface area contributed by atoms with Gasteiger partial charge in [0.15, 0.2) is 0 Å². The number of carbonyl (C=O) groups excluding carboxylic acids is 2. The molecule has 0 saturated carbocycles. The van der Waals surface area contributed by atoms with Gasteiger partial charge >= 0.3 is 5.69 Å². The Morgan fingerprint density at radius 3 is 2.97 bits per heavy atom. The molecule has 3 N–H and O–H groups in total. The fourth-order valence-corrected chi connectivity index (χ4v) is 3.79. The quantitative estimate of drug-likeness (QED) is 0.676. The highest BCUT2D eigenvalue weighted by Gasteiger charge is 2.33. The highest BCUT2D eigenvalue weighted by atomic mass is 16.5. The molecule has 0 spiro atoms. The summed E-state index contributed by atoms with van der Waals surface area (Å²) < 4.78 is 5.63. The lowest BCUT2D eigenvalue weighted by Gasteiger charge is -2.38. The van der Waals surface area contributed by atoms with E-state index in [0.717, 1.165) is 30.8 Å². The number of piperazine rings is 1. The summed E-state index contributed by atoms with van der Waals surface area (Å²) in [5.41, 5.74) is 1.98. The van der Waals surface area contributed by atoms with E-state index in [-0.39, 0.29) is 24.1 Å². The number of aromatic amines is 2. The van der Waals surface area contributed by atoms with Crippen molar-refractivity contribution in [2.75, 3.05) is 33.3 Å². The number of aryl methyl sites for hydroxylation is 1. The minimum atomic E-state index is -0.445. The van der Waals surface area contributed by atoms with Gasteiger partial charge in [-0.25, -0.2) is 4.79 Å². The summed E-state index contributed by atoms with van der Waals surface area (Å²) >= 11 is 0. The van der Waals surface area contributed by atoms with Crippen molar-refractivity contribution in [1.82, 2.24) is 25.1 Å². The van der Waals surface area contributed by atoms with Crippen molar-refractivity contribution in [3.05, 3.63) is 51.7 Å². The van der Waals surface area contributed by atoms with Crippen LogP contribution in [-0.4, -0.2) is 70.9 Å². The van der Waals surface area contributed by atoms with E-state index >= 15 is 0 Å².